The van der Waals surface area contributed by atoms with Crippen molar-refractivity contribution in [1.29, 1.82) is 0 Å². The first kappa shape index (κ1) is 17.7. The average molecular weight is 335 g/mol. The smallest absolute Gasteiger partial charge is 0.226 e. The minimum atomic E-state index is 0.125. The Morgan fingerprint density at radius 1 is 0.875 bits per heavy atom. The summed E-state index contributed by atoms with van der Waals surface area (Å²) in [5.41, 5.74) is 5.81. The molecule has 0 aromatic carbocycles. The molecule has 1 aliphatic heterocycles. The highest BCUT2D eigenvalue weighted by atomic mass is 16.2. The molecule has 2 N–H and O–H groups in total. The molecule has 24 heavy (non-hydrogen) atoms. The molecule has 3 aliphatic rings. The molecule has 2 atom stereocenters. The molecular formula is C19H33N3O2. The number of rotatable bonds is 5. The Balaban J connectivity index is 1.41. The van der Waals surface area contributed by atoms with E-state index in [-0.39, 0.29) is 17.7 Å². The standard InChI is InChI=1S/C19H33N3O2/c20-14-16-6-3-7-17(16)19(24)22-12-10-21(11-13-22)18(23)9-8-15-4-1-2-5-15/h15-17H,1-14,20H2/t16-,17-/m1/s1. The lowest BCUT2D eigenvalue weighted by Crippen LogP contribution is -2.52. The lowest BCUT2D eigenvalue weighted by Gasteiger charge is -2.37. The van der Waals surface area contributed by atoms with E-state index in [1.165, 1.54) is 25.7 Å². The first-order chi connectivity index (χ1) is 11.7. The number of carbonyl (C=O) groups is 2. The van der Waals surface area contributed by atoms with E-state index in [2.05, 4.69) is 0 Å². The van der Waals surface area contributed by atoms with Crippen LogP contribution in [0.15, 0.2) is 0 Å². The number of piperazine rings is 1. The third kappa shape index (κ3) is 4.11. The largest absolute Gasteiger partial charge is 0.339 e. The van der Waals surface area contributed by atoms with Crippen molar-refractivity contribution in [2.24, 2.45) is 23.5 Å². The van der Waals surface area contributed by atoms with Crippen molar-refractivity contribution in [2.45, 2.75) is 57.8 Å². The summed E-state index contributed by atoms with van der Waals surface area (Å²) in [6, 6.07) is 0. The molecule has 0 radical (unpaired) electrons. The second-order valence-electron chi connectivity index (χ2n) is 7.93. The summed E-state index contributed by atoms with van der Waals surface area (Å²) in [4.78, 5) is 29.0. The Morgan fingerprint density at radius 3 is 2.21 bits per heavy atom. The van der Waals surface area contributed by atoms with Crippen molar-refractivity contribution >= 4 is 11.8 Å². The van der Waals surface area contributed by atoms with E-state index < -0.39 is 0 Å². The van der Waals surface area contributed by atoms with Crippen LogP contribution < -0.4 is 5.73 Å². The van der Waals surface area contributed by atoms with Crippen molar-refractivity contribution in [2.75, 3.05) is 32.7 Å². The molecule has 1 heterocycles. The maximum Gasteiger partial charge on any atom is 0.226 e. The van der Waals surface area contributed by atoms with E-state index >= 15 is 0 Å². The van der Waals surface area contributed by atoms with E-state index in [0.717, 1.165) is 31.6 Å². The van der Waals surface area contributed by atoms with Crippen LogP contribution in [0.3, 0.4) is 0 Å². The van der Waals surface area contributed by atoms with E-state index in [4.69, 9.17) is 5.73 Å². The van der Waals surface area contributed by atoms with Gasteiger partial charge in [0.05, 0.1) is 0 Å². The number of nitrogens with zero attached hydrogens (tertiary/aromatic N) is 2. The van der Waals surface area contributed by atoms with E-state index in [9.17, 15) is 9.59 Å². The van der Waals surface area contributed by atoms with Gasteiger partial charge in [0, 0.05) is 38.5 Å². The summed E-state index contributed by atoms with van der Waals surface area (Å²) in [6.45, 7) is 3.42. The summed E-state index contributed by atoms with van der Waals surface area (Å²) in [5, 5.41) is 0. The molecule has 3 fully saturated rings. The zero-order valence-corrected chi connectivity index (χ0v) is 14.9. The van der Waals surface area contributed by atoms with Gasteiger partial charge in [0.15, 0.2) is 0 Å². The molecule has 2 saturated carbocycles. The van der Waals surface area contributed by atoms with Gasteiger partial charge in [-0.1, -0.05) is 32.1 Å². The van der Waals surface area contributed by atoms with Crippen LogP contribution in [0, 0.1) is 17.8 Å². The van der Waals surface area contributed by atoms with Crippen LogP contribution in [-0.2, 0) is 9.59 Å². The minimum Gasteiger partial charge on any atom is -0.339 e. The lowest BCUT2D eigenvalue weighted by molar-refractivity contribution is -0.143. The maximum absolute atomic E-state index is 12.7. The fraction of sp³-hybridized carbons (Fsp3) is 0.895. The van der Waals surface area contributed by atoms with Gasteiger partial charge in [0.25, 0.3) is 0 Å². The quantitative estimate of drug-likeness (QED) is 0.836. The van der Waals surface area contributed by atoms with Crippen LogP contribution in [-0.4, -0.2) is 54.3 Å². The molecule has 2 aliphatic carbocycles. The molecule has 0 aromatic heterocycles. The lowest BCUT2D eigenvalue weighted by atomic mass is 9.94. The van der Waals surface area contributed by atoms with Crippen LogP contribution in [0.1, 0.15) is 57.8 Å². The van der Waals surface area contributed by atoms with Crippen LogP contribution in [0.4, 0.5) is 0 Å². The molecule has 0 bridgehead atoms. The molecule has 3 rings (SSSR count). The number of carbonyl (C=O) groups excluding carboxylic acids is 2. The van der Waals surface area contributed by atoms with Gasteiger partial charge < -0.3 is 15.5 Å². The van der Waals surface area contributed by atoms with Crippen molar-refractivity contribution in [1.82, 2.24) is 9.80 Å². The van der Waals surface area contributed by atoms with Gasteiger partial charge >= 0.3 is 0 Å². The summed E-state index contributed by atoms with van der Waals surface area (Å²) in [7, 11) is 0. The highest BCUT2D eigenvalue weighted by Crippen LogP contribution is 2.33. The molecule has 0 spiro atoms. The molecule has 1 saturated heterocycles. The van der Waals surface area contributed by atoms with Gasteiger partial charge in [0.1, 0.15) is 0 Å². The maximum atomic E-state index is 12.7. The van der Waals surface area contributed by atoms with E-state index in [0.29, 0.717) is 45.1 Å². The van der Waals surface area contributed by atoms with Gasteiger partial charge in [0.2, 0.25) is 11.8 Å². The fourth-order valence-corrected chi connectivity index (χ4v) is 4.84. The van der Waals surface area contributed by atoms with Gasteiger partial charge in [-0.3, -0.25) is 9.59 Å². The molecule has 2 amide bonds. The Morgan fingerprint density at radius 2 is 1.54 bits per heavy atom. The molecule has 0 aromatic rings. The predicted octanol–water partition coefficient (Wildman–Crippen LogP) is 2.00. The Labute approximate surface area is 145 Å². The third-order valence-electron chi connectivity index (χ3n) is 6.46. The van der Waals surface area contributed by atoms with Crippen molar-refractivity contribution in [3.05, 3.63) is 0 Å². The zero-order chi connectivity index (χ0) is 16.9. The van der Waals surface area contributed by atoms with Gasteiger partial charge in [-0.25, -0.2) is 0 Å². The summed E-state index contributed by atoms with van der Waals surface area (Å²) >= 11 is 0. The van der Waals surface area contributed by atoms with Crippen LogP contribution in [0.5, 0.6) is 0 Å². The Hall–Kier alpha value is -1.10. The molecule has 5 heteroatoms. The Bertz CT molecular complexity index is 440. The number of hydrogen-bond acceptors (Lipinski definition) is 3. The van der Waals surface area contributed by atoms with Gasteiger partial charge in [-0.2, -0.15) is 0 Å². The van der Waals surface area contributed by atoms with Gasteiger partial charge in [-0.05, 0) is 37.6 Å². The summed E-state index contributed by atoms with van der Waals surface area (Å²) in [6.07, 6.45) is 10.2. The third-order valence-corrected chi connectivity index (χ3v) is 6.46. The number of amides is 2. The second-order valence-corrected chi connectivity index (χ2v) is 7.93. The first-order valence-corrected chi connectivity index (χ1v) is 9.95. The normalized spacial score (nSPS) is 28.5. The van der Waals surface area contributed by atoms with Crippen molar-refractivity contribution in [3.63, 3.8) is 0 Å². The fourth-order valence-electron chi connectivity index (χ4n) is 4.84. The SMILES string of the molecule is NC[C@H]1CCC[C@H]1C(=O)N1CCN(C(=O)CCC2CCCC2)CC1. The predicted molar refractivity (Wildman–Crippen MR) is 94.2 cm³/mol. The molecule has 5 nitrogen and oxygen atoms in total. The number of nitrogens with two attached hydrogens (primary N) is 1. The van der Waals surface area contributed by atoms with Crippen molar-refractivity contribution in [3.8, 4) is 0 Å². The number of hydrogen-bond donors (Lipinski definition) is 1. The molecular weight excluding hydrogens is 302 g/mol. The molecule has 136 valence electrons. The Kier molecular flexibility index (Phi) is 6.14. The van der Waals surface area contributed by atoms with E-state index in [1.54, 1.807) is 0 Å². The summed E-state index contributed by atoms with van der Waals surface area (Å²) in [5.74, 6) is 1.83. The van der Waals surface area contributed by atoms with Crippen LogP contribution in [0.25, 0.3) is 0 Å². The topological polar surface area (TPSA) is 66.6 Å². The summed E-state index contributed by atoms with van der Waals surface area (Å²) < 4.78 is 0. The highest BCUT2D eigenvalue weighted by molar-refractivity contribution is 5.80. The monoisotopic (exact) mass is 335 g/mol. The average Bonchev–Trinajstić information content (AvgIpc) is 3.30. The molecule has 0 unspecified atom stereocenters. The minimum absolute atomic E-state index is 0.125. The van der Waals surface area contributed by atoms with Gasteiger partial charge in [-0.15, -0.1) is 0 Å². The highest BCUT2D eigenvalue weighted by Gasteiger charge is 2.36. The van der Waals surface area contributed by atoms with Crippen molar-refractivity contribution < 1.29 is 9.59 Å². The second kappa shape index (κ2) is 8.32. The van der Waals surface area contributed by atoms with Crippen LogP contribution >= 0.6 is 0 Å². The van der Waals surface area contributed by atoms with E-state index in [1.807, 2.05) is 9.80 Å². The zero-order valence-electron chi connectivity index (χ0n) is 14.9. The van der Waals surface area contributed by atoms with Crippen LogP contribution in [0.2, 0.25) is 0 Å². The first-order valence-electron chi connectivity index (χ1n) is 9.95.